The van der Waals surface area contributed by atoms with Gasteiger partial charge in [-0.15, -0.1) is 0 Å². The molecule has 5 heteroatoms. The van der Waals surface area contributed by atoms with E-state index in [0.29, 0.717) is 0 Å². The Kier molecular flexibility index (Phi) is 9.59. The molecule has 0 radical (unpaired) electrons. The van der Waals surface area contributed by atoms with Gasteiger partial charge in [-0.3, -0.25) is 4.99 Å². The molecule has 0 saturated heterocycles. The summed E-state index contributed by atoms with van der Waals surface area (Å²) in [6.07, 6.45) is 4.51. The molecule has 0 aliphatic carbocycles. The first kappa shape index (κ1) is 18.4. The number of guanidine groups is 1. The number of benzene rings is 1. The van der Waals surface area contributed by atoms with Gasteiger partial charge in [0.15, 0.2) is 5.96 Å². The third-order valence-corrected chi connectivity index (χ3v) is 4.51. The minimum atomic E-state index is 0.213. The van der Waals surface area contributed by atoms with E-state index in [1.807, 2.05) is 17.8 Å². The Bertz CT molecular complexity index is 437. The average molecular weight is 372 g/mol. The fourth-order valence-corrected chi connectivity index (χ4v) is 3.10. The predicted octanol–water partition coefficient (Wildman–Crippen LogP) is 4.21. The second kappa shape index (κ2) is 11.0. The Morgan fingerprint density at radius 2 is 2.10 bits per heavy atom. The van der Waals surface area contributed by atoms with Crippen molar-refractivity contribution in [1.82, 2.24) is 10.6 Å². The molecule has 0 spiro atoms. The van der Waals surface area contributed by atoms with Gasteiger partial charge in [0.05, 0.1) is 6.04 Å². The molecule has 1 rings (SSSR count). The molecule has 0 aliphatic rings. The maximum Gasteiger partial charge on any atom is 0.191 e. The lowest BCUT2D eigenvalue weighted by Crippen LogP contribution is -2.38. The number of halogens is 1. The highest BCUT2D eigenvalue weighted by molar-refractivity contribution is 9.10. The maximum atomic E-state index is 4.65. The zero-order chi connectivity index (χ0) is 15.5. The monoisotopic (exact) mass is 371 g/mol. The van der Waals surface area contributed by atoms with Gasteiger partial charge in [-0.2, -0.15) is 11.8 Å². The molecular formula is C16H26BrN3S. The molecule has 1 atom stereocenters. The van der Waals surface area contributed by atoms with Gasteiger partial charge in [-0.25, -0.2) is 0 Å². The molecule has 0 amide bonds. The Balaban J connectivity index is 2.56. The van der Waals surface area contributed by atoms with Crippen molar-refractivity contribution in [2.24, 2.45) is 4.99 Å². The van der Waals surface area contributed by atoms with Crippen LogP contribution in [0.25, 0.3) is 0 Å². The van der Waals surface area contributed by atoms with Crippen molar-refractivity contribution in [1.29, 1.82) is 0 Å². The molecule has 1 aromatic carbocycles. The van der Waals surface area contributed by atoms with Crippen molar-refractivity contribution >= 4 is 33.7 Å². The third-order valence-electron chi connectivity index (χ3n) is 3.10. The topological polar surface area (TPSA) is 36.4 Å². The first-order valence-electron chi connectivity index (χ1n) is 7.47. The molecule has 0 heterocycles. The number of rotatable bonds is 8. The summed E-state index contributed by atoms with van der Waals surface area (Å²) in [6, 6.07) is 8.50. The van der Waals surface area contributed by atoms with Crippen molar-refractivity contribution in [3.63, 3.8) is 0 Å². The van der Waals surface area contributed by atoms with E-state index in [0.717, 1.165) is 29.9 Å². The number of hydrogen-bond donors (Lipinski definition) is 2. The summed E-state index contributed by atoms with van der Waals surface area (Å²) in [6.45, 7) is 5.99. The lowest BCUT2D eigenvalue weighted by molar-refractivity contribution is 0.680. The molecule has 2 N–H and O–H groups in total. The van der Waals surface area contributed by atoms with Gasteiger partial charge in [-0.1, -0.05) is 34.1 Å². The molecule has 0 aliphatic heterocycles. The van der Waals surface area contributed by atoms with Crippen LogP contribution in [0.3, 0.4) is 0 Å². The molecule has 0 aromatic heterocycles. The van der Waals surface area contributed by atoms with Crippen LogP contribution in [0.15, 0.2) is 33.7 Å². The SMILES string of the molecule is CCNC(=NCCCCSC)NC(C)c1ccccc1Br. The number of nitrogens with one attached hydrogen (secondary N) is 2. The summed E-state index contributed by atoms with van der Waals surface area (Å²) < 4.78 is 1.13. The molecule has 1 unspecified atom stereocenters. The van der Waals surface area contributed by atoms with Crippen LogP contribution in [-0.2, 0) is 0 Å². The second-order valence-corrected chi connectivity index (χ2v) is 6.69. The maximum absolute atomic E-state index is 4.65. The summed E-state index contributed by atoms with van der Waals surface area (Å²) in [5.41, 5.74) is 1.24. The largest absolute Gasteiger partial charge is 0.357 e. The first-order chi connectivity index (χ1) is 10.2. The highest BCUT2D eigenvalue weighted by Gasteiger charge is 2.10. The van der Waals surface area contributed by atoms with Crippen molar-refractivity contribution in [2.45, 2.75) is 32.7 Å². The molecule has 0 bridgehead atoms. The van der Waals surface area contributed by atoms with Gasteiger partial charge < -0.3 is 10.6 Å². The van der Waals surface area contributed by atoms with E-state index in [1.54, 1.807) is 0 Å². The normalized spacial score (nSPS) is 13.0. The summed E-state index contributed by atoms with van der Waals surface area (Å²) in [5.74, 6) is 2.11. The van der Waals surface area contributed by atoms with E-state index in [9.17, 15) is 0 Å². The number of nitrogens with zero attached hydrogens (tertiary/aromatic N) is 1. The number of aliphatic imine (C=N–C) groups is 1. The number of hydrogen-bond acceptors (Lipinski definition) is 2. The predicted molar refractivity (Wildman–Crippen MR) is 99.3 cm³/mol. The molecule has 1 aromatic rings. The lowest BCUT2D eigenvalue weighted by Gasteiger charge is -2.19. The lowest BCUT2D eigenvalue weighted by atomic mass is 10.1. The average Bonchev–Trinajstić information content (AvgIpc) is 2.47. The minimum Gasteiger partial charge on any atom is -0.357 e. The van der Waals surface area contributed by atoms with Gasteiger partial charge >= 0.3 is 0 Å². The second-order valence-electron chi connectivity index (χ2n) is 4.85. The Morgan fingerprint density at radius 1 is 1.33 bits per heavy atom. The van der Waals surface area contributed by atoms with Crippen LogP contribution in [-0.4, -0.2) is 31.1 Å². The van der Waals surface area contributed by atoms with E-state index in [1.165, 1.54) is 17.7 Å². The smallest absolute Gasteiger partial charge is 0.191 e. The van der Waals surface area contributed by atoms with Crippen LogP contribution < -0.4 is 10.6 Å². The quantitative estimate of drug-likeness (QED) is 0.408. The van der Waals surface area contributed by atoms with Crippen LogP contribution in [0.5, 0.6) is 0 Å². The molecule has 0 fully saturated rings. The Morgan fingerprint density at radius 3 is 2.76 bits per heavy atom. The van der Waals surface area contributed by atoms with Crippen LogP contribution in [0, 0.1) is 0 Å². The fourth-order valence-electron chi connectivity index (χ4n) is 1.98. The van der Waals surface area contributed by atoms with E-state index in [2.05, 4.69) is 69.9 Å². The van der Waals surface area contributed by atoms with Crippen molar-refractivity contribution in [2.75, 3.05) is 25.1 Å². The van der Waals surface area contributed by atoms with Gasteiger partial charge in [0.1, 0.15) is 0 Å². The number of unbranched alkanes of at least 4 members (excludes halogenated alkanes) is 1. The Labute approximate surface area is 141 Å². The van der Waals surface area contributed by atoms with Crippen molar-refractivity contribution in [3.05, 3.63) is 34.3 Å². The van der Waals surface area contributed by atoms with Crippen LogP contribution in [0.4, 0.5) is 0 Å². The van der Waals surface area contributed by atoms with Crippen LogP contribution >= 0.6 is 27.7 Å². The summed E-state index contributed by atoms with van der Waals surface area (Å²) in [4.78, 5) is 4.65. The standard InChI is InChI=1S/C16H26BrN3S/c1-4-18-16(19-11-7-8-12-21-3)20-13(2)14-9-5-6-10-15(14)17/h5-6,9-10,13H,4,7-8,11-12H2,1-3H3,(H2,18,19,20). The zero-order valence-electron chi connectivity index (χ0n) is 13.2. The van der Waals surface area contributed by atoms with Crippen molar-refractivity contribution < 1.29 is 0 Å². The highest BCUT2D eigenvalue weighted by atomic mass is 79.9. The van der Waals surface area contributed by atoms with E-state index in [4.69, 9.17) is 0 Å². The molecule has 3 nitrogen and oxygen atoms in total. The highest BCUT2D eigenvalue weighted by Crippen LogP contribution is 2.22. The summed E-state index contributed by atoms with van der Waals surface area (Å²) >= 11 is 5.50. The molecule has 118 valence electrons. The van der Waals surface area contributed by atoms with Crippen LogP contribution in [0.2, 0.25) is 0 Å². The number of thioether (sulfide) groups is 1. The summed E-state index contributed by atoms with van der Waals surface area (Å²) in [5, 5.41) is 6.78. The van der Waals surface area contributed by atoms with Crippen molar-refractivity contribution in [3.8, 4) is 0 Å². The van der Waals surface area contributed by atoms with E-state index < -0.39 is 0 Å². The Hall–Kier alpha value is -0.680. The minimum absolute atomic E-state index is 0.213. The van der Waals surface area contributed by atoms with Gasteiger partial charge in [-0.05, 0) is 50.3 Å². The van der Waals surface area contributed by atoms with E-state index in [-0.39, 0.29) is 6.04 Å². The molecular weight excluding hydrogens is 346 g/mol. The van der Waals surface area contributed by atoms with Crippen LogP contribution in [0.1, 0.15) is 38.3 Å². The zero-order valence-corrected chi connectivity index (χ0v) is 15.6. The summed E-state index contributed by atoms with van der Waals surface area (Å²) in [7, 11) is 0. The van der Waals surface area contributed by atoms with E-state index >= 15 is 0 Å². The first-order valence-corrected chi connectivity index (χ1v) is 9.66. The van der Waals surface area contributed by atoms with Gasteiger partial charge in [0.25, 0.3) is 0 Å². The van der Waals surface area contributed by atoms with Gasteiger partial charge in [0, 0.05) is 17.6 Å². The molecule has 0 saturated carbocycles. The fraction of sp³-hybridized carbons (Fsp3) is 0.562. The van der Waals surface area contributed by atoms with Gasteiger partial charge in [0.2, 0.25) is 0 Å². The third kappa shape index (κ3) is 7.23. The molecule has 21 heavy (non-hydrogen) atoms.